The van der Waals surface area contributed by atoms with Gasteiger partial charge < -0.3 is 5.32 Å². The van der Waals surface area contributed by atoms with Crippen LogP contribution in [0.2, 0.25) is 0 Å². The van der Waals surface area contributed by atoms with Crippen molar-refractivity contribution < 1.29 is 0 Å². The van der Waals surface area contributed by atoms with Gasteiger partial charge in [-0.2, -0.15) is 0 Å². The number of piperidine rings is 1. The van der Waals surface area contributed by atoms with Crippen LogP contribution >= 0.6 is 0 Å². The molecular formula is C10H21N. The smallest absolute Gasteiger partial charge is 0.00180 e. The van der Waals surface area contributed by atoms with Gasteiger partial charge in [-0.25, -0.2) is 0 Å². The number of hydrogen-bond acceptors (Lipinski definition) is 1. The summed E-state index contributed by atoms with van der Waals surface area (Å²) in [6, 6.07) is 0. The highest BCUT2D eigenvalue weighted by Gasteiger charge is 2.19. The molecule has 0 aromatic rings. The third-order valence-electron chi connectivity index (χ3n) is 2.92. The monoisotopic (exact) mass is 155 g/mol. The summed E-state index contributed by atoms with van der Waals surface area (Å²) in [6.07, 6.45) is 5.58. The summed E-state index contributed by atoms with van der Waals surface area (Å²) in [7, 11) is 0. The minimum absolute atomic E-state index is 0.961. The Balaban J connectivity index is 2.18. The standard InChI is InChI=1S/C10H21N/c1-3-4-5-10-8-11-7-6-9(10)2/h9-11H,3-8H2,1-2H3. The van der Waals surface area contributed by atoms with Crippen molar-refractivity contribution in [2.45, 2.75) is 39.5 Å². The number of unbranched alkanes of at least 4 members (excludes halogenated alkanes) is 1. The van der Waals surface area contributed by atoms with Gasteiger partial charge in [0.25, 0.3) is 0 Å². The van der Waals surface area contributed by atoms with Crippen molar-refractivity contribution >= 4 is 0 Å². The van der Waals surface area contributed by atoms with Crippen LogP contribution in [-0.2, 0) is 0 Å². The molecule has 0 spiro atoms. The second kappa shape index (κ2) is 4.76. The van der Waals surface area contributed by atoms with Crippen molar-refractivity contribution in [2.75, 3.05) is 13.1 Å². The fourth-order valence-corrected chi connectivity index (χ4v) is 1.91. The third-order valence-corrected chi connectivity index (χ3v) is 2.92. The van der Waals surface area contributed by atoms with Gasteiger partial charge >= 0.3 is 0 Å². The van der Waals surface area contributed by atoms with Crippen LogP contribution in [0, 0.1) is 11.8 Å². The molecule has 0 aromatic carbocycles. The first-order valence-electron chi connectivity index (χ1n) is 5.05. The molecule has 1 heteroatoms. The second-order valence-electron chi connectivity index (χ2n) is 3.87. The molecule has 1 heterocycles. The van der Waals surface area contributed by atoms with Gasteiger partial charge in [0, 0.05) is 0 Å². The normalized spacial score (nSPS) is 32.2. The van der Waals surface area contributed by atoms with Crippen LogP contribution in [0.25, 0.3) is 0 Å². The van der Waals surface area contributed by atoms with Crippen LogP contribution in [0.15, 0.2) is 0 Å². The van der Waals surface area contributed by atoms with Gasteiger partial charge in [-0.1, -0.05) is 26.7 Å². The zero-order valence-corrected chi connectivity index (χ0v) is 7.90. The highest BCUT2D eigenvalue weighted by atomic mass is 14.9. The predicted molar refractivity (Wildman–Crippen MR) is 49.7 cm³/mol. The van der Waals surface area contributed by atoms with E-state index >= 15 is 0 Å². The van der Waals surface area contributed by atoms with E-state index in [1.54, 1.807) is 0 Å². The van der Waals surface area contributed by atoms with Gasteiger partial charge in [0.2, 0.25) is 0 Å². The second-order valence-corrected chi connectivity index (χ2v) is 3.87. The fraction of sp³-hybridized carbons (Fsp3) is 1.00. The Hall–Kier alpha value is -0.0400. The van der Waals surface area contributed by atoms with E-state index in [1.165, 1.54) is 38.8 Å². The molecular weight excluding hydrogens is 134 g/mol. The van der Waals surface area contributed by atoms with Gasteiger partial charge in [-0.15, -0.1) is 0 Å². The lowest BCUT2D eigenvalue weighted by molar-refractivity contribution is 0.255. The average molecular weight is 155 g/mol. The molecule has 2 atom stereocenters. The Morgan fingerprint density at radius 3 is 2.91 bits per heavy atom. The molecule has 0 radical (unpaired) electrons. The summed E-state index contributed by atoms with van der Waals surface area (Å²) < 4.78 is 0. The molecule has 1 aliphatic rings. The summed E-state index contributed by atoms with van der Waals surface area (Å²) in [5.41, 5.74) is 0. The Morgan fingerprint density at radius 2 is 2.27 bits per heavy atom. The average Bonchev–Trinajstić information content (AvgIpc) is 2.03. The Morgan fingerprint density at radius 1 is 1.45 bits per heavy atom. The summed E-state index contributed by atoms with van der Waals surface area (Å²) in [6.45, 7) is 7.19. The van der Waals surface area contributed by atoms with Crippen LogP contribution in [0.1, 0.15) is 39.5 Å². The Labute approximate surface area is 70.6 Å². The molecule has 0 amide bonds. The van der Waals surface area contributed by atoms with E-state index in [2.05, 4.69) is 19.2 Å². The maximum atomic E-state index is 3.47. The van der Waals surface area contributed by atoms with Crippen molar-refractivity contribution in [1.29, 1.82) is 0 Å². The lowest BCUT2D eigenvalue weighted by Crippen LogP contribution is -2.35. The zero-order chi connectivity index (χ0) is 8.10. The van der Waals surface area contributed by atoms with Crippen LogP contribution in [0.4, 0.5) is 0 Å². The molecule has 0 aliphatic carbocycles. The molecule has 0 aromatic heterocycles. The third kappa shape index (κ3) is 2.82. The van der Waals surface area contributed by atoms with E-state index in [-0.39, 0.29) is 0 Å². The molecule has 1 N–H and O–H groups in total. The largest absolute Gasteiger partial charge is 0.316 e. The quantitative estimate of drug-likeness (QED) is 0.660. The summed E-state index contributed by atoms with van der Waals surface area (Å²) in [5.74, 6) is 1.92. The van der Waals surface area contributed by atoms with E-state index < -0.39 is 0 Å². The zero-order valence-electron chi connectivity index (χ0n) is 7.90. The lowest BCUT2D eigenvalue weighted by atomic mass is 9.84. The van der Waals surface area contributed by atoms with E-state index in [1.807, 2.05) is 0 Å². The SMILES string of the molecule is CCCCC1CNCCC1C. The molecule has 2 unspecified atom stereocenters. The first kappa shape index (κ1) is 9.05. The summed E-state index contributed by atoms with van der Waals surface area (Å²) in [5, 5.41) is 3.47. The van der Waals surface area contributed by atoms with Crippen molar-refractivity contribution in [3.05, 3.63) is 0 Å². The van der Waals surface area contributed by atoms with E-state index in [0.29, 0.717) is 0 Å². The molecule has 66 valence electrons. The van der Waals surface area contributed by atoms with Crippen LogP contribution < -0.4 is 5.32 Å². The minimum Gasteiger partial charge on any atom is -0.316 e. The number of nitrogens with one attached hydrogen (secondary N) is 1. The van der Waals surface area contributed by atoms with Crippen molar-refractivity contribution in [1.82, 2.24) is 5.32 Å². The topological polar surface area (TPSA) is 12.0 Å². The van der Waals surface area contributed by atoms with Gasteiger partial charge in [0.15, 0.2) is 0 Å². The van der Waals surface area contributed by atoms with Crippen LogP contribution in [0.5, 0.6) is 0 Å². The van der Waals surface area contributed by atoms with Gasteiger partial charge in [-0.05, 0) is 37.8 Å². The molecule has 0 saturated carbocycles. The maximum absolute atomic E-state index is 3.47. The first-order chi connectivity index (χ1) is 5.34. The summed E-state index contributed by atoms with van der Waals surface area (Å²) in [4.78, 5) is 0. The molecule has 1 nitrogen and oxygen atoms in total. The predicted octanol–water partition coefficient (Wildman–Crippen LogP) is 2.42. The van der Waals surface area contributed by atoms with Gasteiger partial charge in [-0.3, -0.25) is 0 Å². The molecule has 0 bridgehead atoms. The van der Waals surface area contributed by atoms with Crippen LogP contribution in [0.3, 0.4) is 0 Å². The summed E-state index contributed by atoms with van der Waals surface area (Å²) >= 11 is 0. The Kier molecular flexibility index (Phi) is 3.92. The van der Waals surface area contributed by atoms with E-state index in [9.17, 15) is 0 Å². The van der Waals surface area contributed by atoms with E-state index in [0.717, 1.165) is 11.8 Å². The fourth-order valence-electron chi connectivity index (χ4n) is 1.91. The molecule has 11 heavy (non-hydrogen) atoms. The van der Waals surface area contributed by atoms with Crippen LogP contribution in [-0.4, -0.2) is 13.1 Å². The number of rotatable bonds is 3. The van der Waals surface area contributed by atoms with E-state index in [4.69, 9.17) is 0 Å². The highest BCUT2D eigenvalue weighted by molar-refractivity contribution is 4.74. The Bertz CT molecular complexity index is 101. The first-order valence-corrected chi connectivity index (χ1v) is 5.05. The van der Waals surface area contributed by atoms with Crippen molar-refractivity contribution in [3.63, 3.8) is 0 Å². The van der Waals surface area contributed by atoms with Crippen molar-refractivity contribution in [3.8, 4) is 0 Å². The highest BCUT2D eigenvalue weighted by Crippen LogP contribution is 2.23. The van der Waals surface area contributed by atoms with Gasteiger partial charge in [0.1, 0.15) is 0 Å². The maximum Gasteiger partial charge on any atom is -0.00180 e. The number of hydrogen-bond donors (Lipinski definition) is 1. The van der Waals surface area contributed by atoms with Crippen molar-refractivity contribution in [2.24, 2.45) is 11.8 Å². The minimum atomic E-state index is 0.961. The van der Waals surface area contributed by atoms with Gasteiger partial charge in [0.05, 0.1) is 0 Å². The molecule has 1 fully saturated rings. The molecule has 1 rings (SSSR count). The molecule has 1 aliphatic heterocycles. The molecule has 1 saturated heterocycles. The lowest BCUT2D eigenvalue weighted by Gasteiger charge is -2.29.